The Bertz CT molecular complexity index is 1080. The van der Waals surface area contributed by atoms with Crippen LogP contribution in [0.15, 0.2) is 54.3 Å². The average Bonchev–Trinajstić information content (AvgIpc) is 3.29. The second kappa shape index (κ2) is 6.52. The van der Waals surface area contributed by atoms with Crippen LogP contribution in [0.2, 0.25) is 0 Å². The highest BCUT2D eigenvalue weighted by atomic mass is 19.1. The number of amides is 1. The number of aromatic nitrogens is 4. The smallest absolute Gasteiger partial charge is 0.266 e. The number of hydrogen-bond acceptors (Lipinski definition) is 6. The predicted molar refractivity (Wildman–Crippen MR) is 100 cm³/mol. The Morgan fingerprint density at radius 2 is 1.93 bits per heavy atom. The van der Waals surface area contributed by atoms with Gasteiger partial charge in [0.25, 0.3) is 5.91 Å². The van der Waals surface area contributed by atoms with Gasteiger partial charge in [0.2, 0.25) is 0 Å². The zero-order valence-corrected chi connectivity index (χ0v) is 15.4. The molecule has 9 heteroatoms. The van der Waals surface area contributed by atoms with Crippen LogP contribution in [-0.2, 0) is 16.9 Å². The third-order valence-electron chi connectivity index (χ3n) is 4.87. The second-order valence-corrected chi connectivity index (χ2v) is 6.45. The number of guanidine groups is 1. The molecule has 3 aromatic rings. The number of carbonyl (C=O) groups excluding carboxylic acids is 1. The van der Waals surface area contributed by atoms with Crippen LogP contribution in [0, 0.1) is 5.82 Å². The molecule has 1 unspecified atom stereocenters. The molecule has 2 N–H and O–H groups in total. The van der Waals surface area contributed by atoms with Crippen LogP contribution >= 0.6 is 0 Å². The van der Waals surface area contributed by atoms with E-state index >= 15 is 0 Å². The van der Waals surface area contributed by atoms with Gasteiger partial charge in [0.15, 0.2) is 11.5 Å². The van der Waals surface area contributed by atoms with Gasteiger partial charge in [0.1, 0.15) is 12.1 Å². The number of hydrogen-bond donors (Lipinski definition) is 1. The number of carbonyl (C=O) groups is 1. The topological polar surface area (TPSA) is 102 Å². The lowest BCUT2D eigenvalue weighted by atomic mass is 9.83. The summed E-state index contributed by atoms with van der Waals surface area (Å²) in [7, 11) is 1.56. The first-order valence-corrected chi connectivity index (χ1v) is 8.69. The SMILES string of the molecule is CCn1cc(C2(c3ccc(F)c(-c4cncnc4)c3)N=C(N)N(C)C2=O)cn1. The maximum absolute atomic E-state index is 14.6. The Labute approximate surface area is 160 Å². The van der Waals surface area contributed by atoms with Gasteiger partial charge in [-0.15, -0.1) is 0 Å². The predicted octanol–water partition coefficient (Wildman–Crippen LogP) is 1.53. The van der Waals surface area contributed by atoms with Crippen molar-refractivity contribution in [3.8, 4) is 11.1 Å². The third-order valence-corrected chi connectivity index (χ3v) is 4.87. The summed E-state index contributed by atoms with van der Waals surface area (Å²) in [5, 5.41) is 4.27. The number of aryl methyl sites for hydroxylation is 1. The van der Waals surface area contributed by atoms with Crippen molar-refractivity contribution >= 4 is 11.9 Å². The largest absolute Gasteiger partial charge is 0.369 e. The normalized spacial score (nSPS) is 19.2. The van der Waals surface area contributed by atoms with Crippen LogP contribution < -0.4 is 5.73 Å². The van der Waals surface area contributed by atoms with Gasteiger partial charge in [0, 0.05) is 48.9 Å². The van der Waals surface area contributed by atoms with E-state index in [-0.39, 0.29) is 17.4 Å². The summed E-state index contributed by atoms with van der Waals surface area (Å²) >= 11 is 0. The fourth-order valence-corrected chi connectivity index (χ4v) is 3.32. The number of halogens is 1. The van der Waals surface area contributed by atoms with E-state index in [2.05, 4.69) is 20.1 Å². The molecule has 28 heavy (non-hydrogen) atoms. The van der Waals surface area contributed by atoms with Gasteiger partial charge in [-0.25, -0.2) is 19.4 Å². The summed E-state index contributed by atoms with van der Waals surface area (Å²) in [6.07, 6.45) is 7.73. The number of nitrogens with two attached hydrogens (primary N) is 1. The number of likely N-dealkylation sites (N-methyl/N-ethyl adjacent to an activating group) is 1. The van der Waals surface area contributed by atoms with Gasteiger partial charge in [-0.3, -0.25) is 14.4 Å². The van der Waals surface area contributed by atoms with Crippen LogP contribution in [0.5, 0.6) is 0 Å². The lowest BCUT2D eigenvalue weighted by Crippen LogP contribution is -2.41. The highest BCUT2D eigenvalue weighted by Crippen LogP contribution is 2.40. The fourth-order valence-electron chi connectivity index (χ4n) is 3.32. The Kier molecular flexibility index (Phi) is 4.14. The van der Waals surface area contributed by atoms with Crippen molar-refractivity contribution in [3.63, 3.8) is 0 Å². The Morgan fingerprint density at radius 3 is 2.54 bits per heavy atom. The highest BCUT2D eigenvalue weighted by molar-refractivity contribution is 6.09. The van der Waals surface area contributed by atoms with Gasteiger partial charge in [-0.1, -0.05) is 6.07 Å². The lowest BCUT2D eigenvalue weighted by Gasteiger charge is -2.25. The molecule has 1 aliphatic heterocycles. The monoisotopic (exact) mass is 379 g/mol. The number of benzene rings is 1. The molecule has 1 amide bonds. The average molecular weight is 379 g/mol. The van der Waals surface area contributed by atoms with E-state index in [0.717, 1.165) is 0 Å². The summed E-state index contributed by atoms with van der Waals surface area (Å²) < 4.78 is 16.2. The molecule has 1 atom stereocenters. The lowest BCUT2D eigenvalue weighted by molar-refractivity contribution is -0.129. The molecule has 0 saturated carbocycles. The molecule has 1 aliphatic rings. The van der Waals surface area contributed by atoms with E-state index in [0.29, 0.717) is 23.2 Å². The van der Waals surface area contributed by atoms with E-state index in [9.17, 15) is 9.18 Å². The minimum Gasteiger partial charge on any atom is -0.369 e. The fraction of sp³-hybridized carbons (Fsp3) is 0.211. The molecule has 0 fully saturated rings. The molecule has 1 aromatic carbocycles. The molecule has 142 valence electrons. The van der Waals surface area contributed by atoms with Gasteiger partial charge in [0.05, 0.1) is 6.20 Å². The third kappa shape index (κ3) is 2.55. The van der Waals surface area contributed by atoms with Crippen molar-refractivity contribution in [1.29, 1.82) is 0 Å². The first-order chi connectivity index (χ1) is 13.5. The highest BCUT2D eigenvalue weighted by Gasteiger charge is 2.50. The van der Waals surface area contributed by atoms with Crippen molar-refractivity contribution in [1.82, 2.24) is 24.6 Å². The van der Waals surface area contributed by atoms with Crippen LogP contribution in [0.3, 0.4) is 0 Å². The summed E-state index contributed by atoms with van der Waals surface area (Å²) in [5.41, 5.74) is 6.37. The standard InChI is InChI=1S/C19H18FN7O/c1-3-27-10-14(9-24-27)19(17(28)26(2)18(21)25-19)13-4-5-16(20)15(6-13)12-7-22-11-23-8-12/h4-11H,3H2,1-2H3,(H2,21,25). The molecule has 0 saturated heterocycles. The zero-order chi connectivity index (χ0) is 19.9. The van der Waals surface area contributed by atoms with E-state index < -0.39 is 11.4 Å². The maximum Gasteiger partial charge on any atom is 0.266 e. The molecule has 0 spiro atoms. The Morgan fingerprint density at radius 1 is 1.18 bits per heavy atom. The molecule has 8 nitrogen and oxygen atoms in total. The molecule has 0 radical (unpaired) electrons. The molecule has 4 rings (SSSR count). The molecule has 0 aliphatic carbocycles. The van der Waals surface area contributed by atoms with E-state index in [1.165, 1.54) is 29.7 Å². The van der Waals surface area contributed by atoms with Crippen LogP contribution in [0.4, 0.5) is 4.39 Å². The zero-order valence-electron chi connectivity index (χ0n) is 15.4. The second-order valence-electron chi connectivity index (χ2n) is 6.45. The van der Waals surface area contributed by atoms with Crippen LogP contribution in [-0.4, -0.2) is 43.6 Å². The van der Waals surface area contributed by atoms with Gasteiger partial charge < -0.3 is 5.73 Å². The number of nitrogens with zero attached hydrogens (tertiary/aromatic N) is 6. The molecular formula is C19H18FN7O. The Balaban J connectivity index is 1.96. The molecule has 3 heterocycles. The molecule has 0 bridgehead atoms. The van der Waals surface area contributed by atoms with Gasteiger partial charge in [-0.2, -0.15) is 5.10 Å². The first-order valence-electron chi connectivity index (χ1n) is 8.69. The van der Waals surface area contributed by atoms with Crippen molar-refractivity contribution in [2.75, 3.05) is 7.05 Å². The first kappa shape index (κ1) is 17.8. The summed E-state index contributed by atoms with van der Waals surface area (Å²) in [4.78, 5) is 26.9. The van der Waals surface area contributed by atoms with Crippen LogP contribution in [0.1, 0.15) is 18.1 Å². The molecule has 2 aromatic heterocycles. The van der Waals surface area contributed by atoms with Crippen LogP contribution in [0.25, 0.3) is 11.1 Å². The minimum atomic E-state index is -1.43. The van der Waals surface area contributed by atoms with Crippen molar-refractivity contribution in [2.24, 2.45) is 10.7 Å². The van der Waals surface area contributed by atoms with Crippen molar-refractivity contribution < 1.29 is 9.18 Å². The maximum atomic E-state index is 14.6. The van der Waals surface area contributed by atoms with Gasteiger partial charge in [-0.05, 0) is 24.6 Å². The van der Waals surface area contributed by atoms with E-state index in [1.807, 2.05) is 6.92 Å². The molecular weight excluding hydrogens is 361 g/mol. The van der Waals surface area contributed by atoms with Gasteiger partial charge >= 0.3 is 0 Å². The number of rotatable bonds is 4. The van der Waals surface area contributed by atoms with Crippen molar-refractivity contribution in [2.45, 2.75) is 19.0 Å². The summed E-state index contributed by atoms with van der Waals surface area (Å²) in [6.45, 7) is 2.57. The Hall–Kier alpha value is -3.62. The van der Waals surface area contributed by atoms with Crippen molar-refractivity contribution in [3.05, 3.63) is 66.3 Å². The summed E-state index contributed by atoms with van der Waals surface area (Å²) in [5.74, 6) is -0.695. The number of aliphatic imine (C=N–C) groups is 1. The quantitative estimate of drug-likeness (QED) is 0.741. The van der Waals surface area contributed by atoms with E-state index in [1.54, 1.807) is 36.3 Å². The van der Waals surface area contributed by atoms with E-state index in [4.69, 9.17) is 5.73 Å². The summed E-state index contributed by atoms with van der Waals surface area (Å²) in [6, 6.07) is 4.44. The minimum absolute atomic E-state index is 0.0863.